The minimum absolute atomic E-state index is 0.0281. The molecule has 1 rings (SSSR count). The average Bonchev–Trinajstić information content (AvgIpc) is 2.17. The van der Waals surface area contributed by atoms with Crippen molar-refractivity contribution in [2.45, 2.75) is 13.0 Å². The lowest BCUT2D eigenvalue weighted by Crippen LogP contribution is -2.38. The van der Waals surface area contributed by atoms with Crippen LogP contribution in [0.2, 0.25) is 5.02 Å². The highest BCUT2D eigenvalue weighted by Crippen LogP contribution is 2.14. The third-order valence-corrected chi connectivity index (χ3v) is 2.14. The molecule has 3 N–H and O–H groups in total. The highest BCUT2D eigenvalue weighted by molar-refractivity contribution is 6.30. The number of hydrogen-bond donors (Lipinski definition) is 2. The molecule has 0 aromatic heterocycles. The molecular formula is C10H12ClFN2O. The van der Waals surface area contributed by atoms with Gasteiger partial charge in [0.05, 0.1) is 5.56 Å². The summed E-state index contributed by atoms with van der Waals surface area (Å²) in [6.45, 7) is 2.05. The molecule has 0 bridgehead atoms. The lowest BCUT2D eigenvalue weighted by Gasteiger charge is -2.11. The Morgan fingerprint density at radius 1 is 1.67 bits per heavy atom. The molecule has 0 saturated carbocycles. The number of benzene rings is 1. The molecule has 1 unspecified atom stereocenters. The molecule has 0 aliphatic heterocycles. The van der Waals surface area contributed by atoms with Crippen molar-refractivity contribution >= 4 is 17.5 Å². The first-order valence-corrected chi connectivity index (χ1v) is 4.88. The fourth-order valence-corrected chi connectivity index (χ4v) is 1.19. The number of nitrogens with one attached hydrogen (secondary N) is 1. The van der Waals surface area contributed by atoms with Crippen molar-refractivity contribution in [2.24, 2.45) is 5.73 Å². The molecule has 0 radical (unpaired) electrons. The summed E-state index contributed by atoms with van der Waals surface area (Å²) in [5.41, 5.74) is 5.30. The topological polar surface area (TPSA) is 55.1 Å². The Bertz CT molecular complexity index is 370. The van der Waals surface area contributed by atoms with Crippen LogP contribution in [0.25, 0.3) is 0 Å². The van der Waals surface area contributed by atoms with Crippen LogP contribution in [0.1, 0.15) is 17.3 Å². The van der Waals surface area contributed by atoms with Crippen molar-refractivity contribution in [3.8, 4) is 0 Å². The summed E-state index contributed by atoms with van der Waals surface area (Å²) >= 11 is 5.56. The van der Waals surface area contributed by atoms with Gasteiger partial charge in [-0.3, -0.25) is 4.79 Å². The Labute approximate surface area is 92.4 Å². The van der Waals surface area contributed by atoms with E-state index in [0.29, 0.717) is 6.54 Å². The molecular weight excluding hydrogens is 219 g/mol. The highest BCUT2D eigenvalue weighted by Gasteiger charge is 2.13. The van der Waals surface area contributed by atoms with Gasteiger partial charge in [0.15, 0.2) is 0 Å². The van der Waals surface area contributed by atoms with Crippen LogP contribution < -0.4 is 11.1 Å². The molecule has 0 fully saturated rings. The maximum absolute atomic E-state index is 13.3. The summed E-state index contributed by atoms with van der Waals surface area (Å²) in [6, 6.07) is 3.72. The van der Waals surface area contributed by atoms with Crippen molar-refractivity contribution in [2.75, 3.05) is 6.54 Å². The first kappa shape index (κ1) is 11.9. The molecule has 1 amide bonds. The summed E-state index contributed by atoms with van der Waals surface area (Å²) in [5.74, 6) is -1.12. The van der Waals surface area contributed by atoms with Crippen LogP contribution in [0.5, 0.6) is 0 Å². The lowest BCUT2D eigenvalue weighted by molar-refractivity contribution is 0.0937. The smallest absolute Gasteiger partial charge is 0.254 e. The van der Waals surface area contributed by atoms with Crippen LogP contribution in [0.4, 0.5) is 4.39 Å². The monoisotopic (exact) mass is 230 g/mol. The van der Waals surface area contributed by atoms with Crippen LogP contribution in [-0.2, 0) is 0 Å². The van der Waals surface area contributed by atoms with Crippen molar-refractivity contribution in [1.29, 1.82) is 0 Å². The third kappa shape index (κ3) is 3.18. The number of hydrogen-bond acceptors (Lipinski definition) is 2. The number of amides is 1. The van der Waals surface area contributed by atoms with E-state index in [1.54, 1.807) is 6.92 Å². The molecule has 0 saturated heterocycles. The van der Waals surface area contributed by atoms with E-state index in [-0.39, 0.29) is 16.6 Å². The summed E-state index contributed by atoms with van der Waals surface area (Å²) in [5, 5.41) is 2.82. The van der Waals surface area contributed by atoms with Gasteiger partial charge in [-0.25, -0.2) is 4.39 Å². The Hall–Kier alpha value is -1.13. The van der Waals surface area contributed by atoms with Crippen LogP contribution in [0.15, 0.2) is 18.2 Å². The van der Waals surface area contributed by atoms with E-state index in [1.165, 1.54) is 12.1 Å². The van der Waals surface area contributed by atoms with E-state index < -0.39 is 11.7 Å². The summed E-state index contributed by atoms with van der Waals surface area (Å²) in [4.78, 5) is 11.5. The average molecular weight is 231 g/mol. The maximum atomic E-state index is 13.3. The van der Waals surface area contributed by atoms with E-state index >= 15 is 0 Å². The molecule has 15 heavy (non-hydrogen) atoms. The van der Waals surface area contributed by atoms with Gasteiger partial charge >= 0.3 is 0 Å². The molecule has 1 aromatic rings. The number of carbonyl (C=O) groups excluding carboxylic acids is 1. The van der Waals surface area contributed by atoms with Gasteiger partial charge in [-0.05, 0) is 25.1 Å². The minimum Gasteiger partial charge on any atom is -0.348 e. The Morgan fingerprint density at radius 3 is 2.87 bits per heavy atom. The zero-order valence-corrected chi connectivity index (χ0v) is 9.01. The fraction of sp³-hybridized carbons (Fsp3) is 0.300. The second kappa shape index (κ2) is 5.09. The molecule has 5 heteroatoms. The predicted octanol–water partition coefficient (Wildman–Crippen LogP) is 1.56. The molecule has 0 heterocycles. The van der Waals surface area contributed by atoms with E-state index in [4.69, 9.17) is 17.3 Å². The SMILES string of the molecule is CC(CN)NC(=O)c1ccc(Cl)cc1F. The molecule has 0 spiro atoms. The van der Waals surface area contributed by atoms with E-state index in [1.807, 2.05) is 0 Å². The number of halogens is 2. The predicted molar refractivity (Wildman–Crippen MR) is 57.4 cm³/mol. The van der Waals surface area contributed by atoms with E-state index in [2.05, 4.69) is 5.32 Å². The van der Waals surface area contributed by atoms with Gasteiger partial charge in [0, 0.05) is 17.6 Å². The third-order valence-electron chi connectivity index (χ3n) is 1.91. The number of carbonyl (C=O) groups is 1. The largest absolute Gasteiger partial charge is 0.348 e. The quantitative estimate of drug-likeness (QED) is 0.828. The number of rotatable bonds is 3. The zero-order chi connectivity index (χ0) is 11.4. The van der Waals surface area contributed by atoms with E-state index in [0.717, 1.165) is 6.07 Å². The molecule has 1 aromatic carbocycles. The zero-order valence-electron chi connectivity index (χ0n) is 8.26. The van der Waals surface area contributed by atoms with Gasteiger partial charge < -0.3 is 11.1 Å². The molecule has 1 atom stereocenters. The molecule has 0 aliphatic rings. The normalized spacial score (nSPS) is 12.3. The maximum Gasteiger partial charge on any atom is 0.254 e. The van der Waals surface area contributed by atoms with Gasteiger partial charge in [-0.2, -0.15) is 0 Å². The van der Waals surface area contributed by atoms with Crippen molar-refractivity contribution in [3.63, 3.8) is 0 Å². The van der Waals surface area contributed by atoms with Crippen LogP contribution in [0.3, 0.4) is 0 Å². The minimum atomic E-state index is -0.635. The highest BCUT2D eigenvalue weighted by atomic mass is 35.5. The molecule has 3 nitrogen and oxygen atoms in total. The van der Waals surface area contributed by atoms with Crippen LogP contribution >= 0.6 is 11.6 Å². The van der Waals surface area contributed by atoms with Crippen molar-refractivity contribution in [3.05, 3.63) is 34.6 Å². The van der Waals surface area contributed by atoms with Gasteiger partial charge in [0.25, 0.3) is 5.91 Å². The Balaban J connectivity index is 2.82. The summed E-state index contributed by atoms with van der Waals surface area (Å²) in [7, 11) is 0. The van der Waals surface area contributed by atoms with Crippen molar-refractivity contribution in [1.82, 2.24) is 5.32 Å². The molecule has 82 valence electrons. The van der Waals surface area contributed by atoms with Gasteiger partial charge in [0.2, 0.25) is 0 Å². The Kier molecular flexibility index (Phi) is 4.05. The lowest BCUT2D eigenvalue weighted by atomic mass is 10.2. The molecule has 0 aliphatic carbocycles. The number of nitrogens with two attached hydrogens (primary N) is 1. The van der Waals surface area contributed by atoms with Gasteiger partial charge in [-0.15, -0.1) is 0 Å². The summed E-state index contributed by atoms with van der Waals surface area (Å²) < 4.78 is 13.3. The van der Waals surface area contributed by atoms with E-state index in [9.17, 15) is 9.18 Å². The van der Waals surface area contributed by atoms with Crippen LogP contribution in [-0.4, -0.2) is 18.5 Å². The Morgan fingerprint density at radius 2 is 2.33 bits per heavy atom. The second-order valence-electron chi connectivity index (χ2n) is 3.23. The standard InChI is InChI=1S/C10H12ClFN2O/c1-6(5-13)14-10(15)8-3-2-7(11)4-9(8)12/h2-4,6H,5,13H2,1H3,(H,14,15). The van der Waals surface area contributed by atoms with Gasteiger partial charge in [0.1, 0.15) is 5.82 Å². The first-order valence-electron chi connectivity index (χ1n) is 4.50. The van der Waals surface area contributed by atoms with Crippen LogP contribution in [0, 0.1) is 5.82 Å². The first-order chi connectivity index (χ1) is 7.04. The van der Waals surface area contributed by atoms with Crippen molar-refractivity contribution < 1.29 is 9.18 Å². The summed E-state index contributed by atoms with van der Waals surface area (Å²) in [6.07, 6.45) is 0. The second-order valence-corrected chi connectivity index (χ2v) is 3.67. The fourth-order valence-electron chi connectivity index (χ4n) is 1.03. The van der Waals surface area contributed by atoms with Gasteiger partial charge in [-0.1, -0.05) is 11.6 Å².